The first kappa shape index (κ1) is 14.5. The lowest BCUT2D eigenvalue weighted by Gasteiger charge is -2.06. The van der Waals surface area contributed by atoms with Gasteiger partial charge in [0.1, 0.15) is 5.82 Å². The molecule has 2 N–H and O–H groups in total. The van der Waals surface area contributed by atoms with Crippen molar-refractivity contribution in [2.45, 2.75) is 26.3 Å². The molecule has 0 bridgehead atoms. The van der Waals surface area contributed by atoms with Gasteiger partial charge in [-0.2, -0.15) is 0 Å². The van der Waals surface area contributed by atoms with Crippen molar-refractivity contribution in [3.63, 3.8) is 0 Å². The molecule has 1 aromatic rings. The Morgan fingerprint density at radius 3 is 2.95 bits per heavy atom. The molecular weight excluding hydrogens is 257 g/mol. The fraction of sp³-hybridized carbons (Fsp3) is 0.438. The Balaban J connectivity index is 1.98. The quantitative estimate of drug-likeness (QED) is 0.824. The van der Waals surface area contributed by atoms with E-state index in [2.05, 4.69) is 17.2 Å². The maximum absolute atomic E-state index is 13.7. The van der Waals surface area contributed by atoms with Crippen molar-refractivity contribution < 1.29 is 14.3 Å². The molecule has 1 aliphatic carbocycles. The summed E-state index contributed by atoms with van der Waals surface area (Å²) < 4.78 is 13.7. The normalized spacial score (nSPS) is 19.9. The lowest BCUT2D eigenvalue weighted by molar-refractivity contribution is -0.122. The third-order valence-electron chi connectivity index (χ3n) is 3.41. The van der Waals surface area contributed by atoms with Crippen molar-refractivity contribution >= 4 is 5.91 Å². The Labute approximate surface area is 118 Å². The minimum absolute atomic E-state index is 0.00586. The molecule has 20 heavy (non-hydrogen) atoms. The van der Waals surface area contributed by atoms with Crippen molar-refractivity contribution in [3.05, 3.63) is 35.1 Å². The first-order valence-electron chi connectivity index (χ1n) is 6.77. The molecule has 1 aromatic carbocycles. The van der Waals surface area contributed by atoms with E-state index in [0.717, 1.165) is 6.42 Å². The van der Waals surface area contributed by atoms with E-state index in [1.807, 2.05) is 6.92 Å². The van der Waals surface area contributed by atoms with Crippen LogP contribution < -0.4 is 5.32 Å². The topological polar surface area (TPSA) is 49.3 Å². The summed E-state index contributed by atoms with van der Waals surface area (Å²) in [5.41, 5.74) is 1.12. The monoisotopic (exact) mass is 275 g/mol. The van der Waals surface area contributed by atoms with Gasteiger partial charge in [-0.1, -0.05) is 18.8 Å². The van der Waals surface area contributed by atoms with Crippen LogP contribution in [0.2, 0.25) is 0 Å². The number of hydrogen-bond donors (Lipinski definition) is 2. The minimum Gasteiger partial charge on any atom is -0.395 e. The number of aliphatic hydroxyl groups is 1. The van der Waals surface area contributed by atoms with E-state index in [9.17, 15) is 9.18 Å². The summed E-state index contributed by atoms with van der Waals surface area (Å²) in [5, 5.41) is 11.4. The van der Waals surface area contributed by atoms with Crippen molar-refractivity contribution in [2.24, 2.45) is 11.8 Å². The average molecular weight is 275 g/mol. The summed E-state index contributed by atoms with van der Waals surface area (Å²) in [7, 11) is 0. The second kappa shape index (κ2) is 6.53. The zero-order chi connectivity index (χ0) is 14.5. The highest BCUT2D eigenvalue weighted by Gasteiger charge is 2.38. The molecule has 1 saturated carbocycles. The molecule has 106 valence electrons. The van der Waals surface area contributed by atoms with Gasteiger partial charge >= 0.3 is 0 Å². The predicted octanol–water partition coefficient (Wildman–Crippen LogP) is 1.83. The van der Waals surface area contributed by atoms with Gasteiger partial charge in [-0.25, -0.2) is 4.39 Å². The van der Waals surface area contributed by atoms with Crippen LogP contribution >= 0.6 is 0 Å². The van der Waals surface area contributed by atoms with Crippen LogP contribution in [0.1, 0.15) is 30.9 Å². The first-order chi connectivity index (χ1) is 9.61. The van der Waals surface area contributed by atoms with Crippen molar-refractivity contribution in [3.8, 4) is 11.8 Å². The molecule has 0 aromatic heterocycles. The van der Waals surface area contributed by atoms with E-state index in [1.54, 1.807) is 12.1 Å². The number of benzene rings is 1. The fourth-order valence-electron chi connectivity index (χ4n) is 2.01. The predicted molar refractivity (Wildman–Crippen MR) is 74.1 cm³/mol. The molecule has 1 aliphatic rings. The molecule has 1 fully saturated rings. The third kappa shape index (κ3) is 3.82. The molecule has 0 aliphatic heterocycles. The number of carbonyl (C=O) groups is 1. The molecule has 4 heteroatoms. The highest BCUT2D eigenvalue weighted by molar-refractivity contribution is 5.81. The number of hydrogen-bond acceptors (Lipinski definition) is 2. The molecule has 3 nitrogen and oxygen atoms in total. The summed E-state index contributed by atoms with van der Waals surface area (Å²) in [5.74, 6) is 5.82. The van der Waals surface area contributed by atoms with E-state index >= 15 is 0 Å². The van der Waals surface area contributed by atoms with Gasteiger partial charge in [0.25, 0.3) is 0 Å². The SMILES string of the molecule is CC1CC1C(=O)NCc1cc(C#CCCO)ccc1F. The second-order valence-electron chi connectivity index (χ2n) is 5.12. The summed E-state index contributed by atoms with van der Waals surface area (Å²) in [4.78, 5) is 11.7. The van der Waals surface area contributed by atoms with Crippen LogP contribution in [-0.2, 0) is 11.3 Å². The Kier molecular flexibility index (Phi) is 4.75. The van der Waals surface area contributed by atoms with Gasteiger partial charge in [0, 0.05) is 30.0 Å². The van der Waals surface area contributed by atoms with Crippen LogP contribution in [-0.4, -0.2) is 17.6 Å². The zero-order valence-electron chi connectivity index (χ0n) is 11.4. The second-order valence-corrected chi connectivity index (χ2v) is 5.12. The summed E-state index contributed by atoms with van der Waals surface area (Å²) >= 11 is 0. The number of nitrogens with one attached hydrogen (secondary N) is 1. The van der Waals surface area contributed by atoms with Crippen LogP contribution in [0, 0.1) is 29.5 Å². The number of aliphatic hydroxyl groups excluding tert-OH is 1. The van der Waals surface area contributed by atoms with Gasteiger partial charge in [-0.15, -0.1) is 0 Å². The number of rotatable bonds is 4. The molecule has 0 radical (unpaired) electrons. The van der Waals surface area contributed by atoms with E-state index in [-0.39, 0.29) is 30.8 Å². The van der Waals surface area contributed by atoms with Gasteiger partial charge in [0.2, 0.25) is 5.91 Å². The lowest BCUT2D eigenvalue weighted by atomic mass is 10.1. The molecular formula is C16H18FNO2. The third-order valence-corrected chi connectivity index (χ3v) is 3.41. The molecule has 2 atom stereocenters. The van der Waals surface area contributed by atoms with E-state index in [4.69, 9.17) is 5.11 Å². The molecule has 1 amide bonds. The van der Waals surface area contributed by atoms with Crippen LogP contribution in [0.5, 0.6) is 0 Å². The number of halogens is 1. The molecule has 2 unspecified atom stereocenters. The minimum atomic E-state index is -0.346. The van der Waals surface area contributed by atoms with Crippen molar-refractivity contribution in [2.75, 3.05) is 6.61 Å². The molecule has 0 spiro atoms. The Morgan fingerprint density at radius 1 is 1.55 bits per heavy atom. The van der Waals surface area contributed by atoms with Gasteiger partial charge in [-0.3, -0.25) is 4.79 Å². The highest BCUT2D eigenvalue weighted by atomic mass is 19.1. The summed E-state index contributed by atoms with van der Waals surface area (Å²) in [6.45, 7) is 2.22. The largest absolute Gasteiger partial charge is 0.395 e. The van der Waals surface area contributed by atoms with E-state index < -0.39 is 0 Å². The maximum Gasteiger partial charge on any atom is 0.223 e. The number of amides is 1. The summed E-state index contributed by atoms with van der Waals surface area (Å²) in [6, 6.07) is 4.58. The maximum atomic E-state index is 13.7. The standard InChI is InChI=1S/C16H18FNO2/c1-11-8-14(11)16(20)18-10-13-9-12(4-2-3-7-19)5-6-15(13)17/h5-6,9,11,14,19H,3,7-8,10H2,1H3,(H,18,20). The Bertz CT molecular complexity index is 559. The zero-order valence-corrected chi connectivity index (χ0v) is 11.4. The van der Waals surface area contributed by atoms with Gasteiger partial charge in [-0.05, 0) is 30.5 Å². The van der Waals surface area contributed by atoms with Gasteiger partial charge in [0.15, 0.2) is 0 Å². The van der Waals surface area contributed by atoms with Crippen molar-refractivity contribution in [1.29, 1.82) is 0 Å². The van der Waals surface area contributed by atoms with Gasteiger partial charge in [0.05, 0.1) is 6.61 Å². The molecule has 2 rings (SSSR count). The van der Waals surface area contributed by atoms with E-state index in [0.29, 0.717) is 23.5 Å². The lowest BCUT2D eigenvalue weighted by Crippen LogP contribution is -2.25. The highest BCUT2D eigenvalue weighted by Crippen LogP contribution is 2.37. The van der Waals surface area contributed by atoms with E-state index in [1.165, 1.54) is 6.07 Å². The fourth-order valence-corrected chi connectivity index (χ4v) is 2.01. The van der Waals surface area contributed by atoms with Crippen LogP contribution in [0.3, 0.4) is 0 Å². The van der Waals surface area contributed by atoms with Crippen LogP contribution in [0.25, 0.3) is 0 Å². The number of carbonyl (C=O) groups excluding carboxylic acids is 1. The summed E-state index contributed by atoms with van der Waals surface area (Å²) in [6.07, 6.45) is 1.31. The van der Waals surface area contributed by atoms with Crippen LogP contribution in [0.15, 0.2) is 18.2 Å². The van der Waals surface area contributed by atoms with Gasteiger partial charge < -0.3 is 10.4 Å². The first-order valence-corrected chi connectivity index (χ1v) is 6.77. The average Bonchev–Trinajstić information content (AvgIpc) is 3.16. The molecule has 0 saturated heterocycles. The smallest absolute Gasteiger partial charge is 0.223 e. The molecule has 0 heterocycles. The van der Waals surface area contributed by atoms with Crippen LogP contribution in [0.4, 0.5) is 4.39 Å². The van der Waals surface area contributed by atoms with Crippen molar-refractivity contribution in [1.82, 2.24) is 5.32 Å². The Hall–Kier alpha value is -1.86. The Morgan fingerprint density at radius 2 is 2.30 bits per heavy atom.